The molecule has 218 valence electrons. The lowest BCUT2D eigenvalue weighted by Gasteiger charge is -2.21. The fourth-order valence-electron chi connectivity index (χ4n) is 4.93. The Kier molecular flexibility index (Phi) is 11.0. The molecular weight excluding hydrogens is 516 g/mol. The predicted molar refractivity (Wildman–Crippen MR) is 146 cm³/mol. The van der Waals surface area contributed by atoms with Crippen LogP contribution in [-0.4, -0.2) is 93.9 Å². The van der Waals surface area contributed by atoms with Crippen LogP contribution in [0.25, 0.3) is 0 Å². The smallest absolute Gasteiger partial charge is 0.242 e. The van der Waals surface area contributed by atoms with Gasteiger partial charge in [-0.2, -0.15) is 0 Å². The second-order valence-corrected chi connectivity index (χ2v) is 10.3. The summed E-state index contributed by atoms with van der Waals surface area (Å²) < 4.78 is 0. The standard InChI is InChI=1S/C26H40N10O4/c37-23(21(11-17-13-27-15-33-17)35-25(39)19-5-3-9-29-19)31-7-1-2-8-32-24(38)22(12-18-14-28-16-34-18)36-26(40)20-6-4-10-30-20/h13-16,19-22,29-30H,1-12H2,(H,27,33)(H,28,34)(H,31,37)(H,32,38)(H,35,39)(H,36,40)/t19-,20-,21-,22-/m0/s1. The Hall–Kier alpha value is -3.78. The molecule has 2 fully saturated rings. The lowest BCUT2D eigenvalue weighted by atomic mass is 10.1. The van der Waals surface area contributed by atoms with Gasteiger partial charge in [-0.3, -0.25) is 19.2 Å². The van der Waals surface area contributed by atoms with Gasteiger partial charge in [0.15, 0.2) is 0 Å². The molecule has 14 heteroatoms. The van der Waals surface area contributed by atoms with Crippen LogP contribution in [0.2, 0.25) is 0 Å². The van der Waals surface area contributed by atoms with Crippen LogP contribution in [0.5, 0.6) is 0 Å². The number of hydrogen-bond donors (Lipinski definition) is 8. The molecule has 4 atom stereocenters. The van der Waals surface area contributed by atoms with E-state index in [9.17, 15) is 19.2 Å². The van der Waals surface area contributed by atoms with Gasteiger partial charge in [0.25, 0.3) is 0 Å². The highest BCUT2D eigenvalue weighted by Gasteiger charge is 2.29. The molecule has 2 aliphatic rings. The second-order valence-electron chi connectivity index (χ2n) is 10.3. The monoisotopic (exact) mass is 556 g/mol. The minimum Gasteiger partial charge on any atom is -0.354 e. The quantitative estimate of drug-likeness (QED) is 0.120. The number of imidazole rings is 2. The summed E-state index contributed by atoms with van der Waals surface area (Å²) in [7, 11) is 0. The highest BCUT2D eigenvalue weighted by molar-refractivity contribution is 5.90. The number of H-pyrrole nitrogens is 2. The van der Waals surface area contributed by atoms with Gasteiger partial charge in [-0.15, -0.1) is 0 Å². The Balaban J connectivity index is 1.19. The molecule has 0 unspecified atom stereocenters. The van der Waals surface area contributed by atoms with E-state index >= 15 is 0 Å². The average molecular weight is 557 g/mol. The third-order valence-electron chi connectivity index (χ3n) is 7.18. The maximum atomic E-state index is 12.9. The molecule has 0 spiro atoms. The maximum Gasteiger partial charge on any atom is 0.242 e. The van der Waals surface area contributed by atoms with Gasteiger partial charge in [0, 0.05) is 49.7 Å². The van der Waals surface area contributed by atoms with Gasteiger partial charge in [0.05, 0.1) is 24.7 Å². The number of hydrogen-bond acceptors (Lipinski definition) is 8. The Morgan fingerprint density at radius 1 is 0.750 bits per heavy atom. The first-order valence-electron chi connectivity index (χ1n) is 14.1. The molecule has 8 N–H and O–H groups in total. The molecule has 4 rings (SSSR count). The number of carbonyl (C=O) groups excluding carboxylic acids is 4. The van der Waals surface area contributed by atoms with E-state index < -0.39 is 12.1 Å². The van der Waals surface area contributed by atoms with Crippen LogP contribution in [0.15, 0.2) is 25.0 Å². The molecule has 0 aromatic carbocycles. The van der Waals surface area contributed by atoms with Gasteiger partial charge in [-0.1, -0.05) is 0 Å². The fraction of sp³-hybridized carbons (Fsp3) is 0.615. The first kappa shape index (κ1) is 29.2. The van der Waals surface area contributed by atoms with E-state index in [0.29, 0.717) is 38.8 Å². The summed E-state index contributed by atoms with van der Waals surface area (Å²) >= 11 is 0. The van der Waals surface area contributed by atoms with Crippen molar-refractivity contribution in [2.75, 3.05) is 26.2 Å². The fourth-order valence-corrected chi connectivity index (χ4v) is 4.93. The Morgan fingerprint density at radius 3 is 1.55 bits per heavy atom. The van der Waals surface area contributed by atoms with Gasteiger partial charge in [0.2, 0.25) is 23.6 Å². The van der Waals surface area contributed by atoms with Crippen LogP contribution in [0.1, 0.15) is 49.9 Å². The molecule has 0 saturated carbocycles. The highest BCUT2D eigenvalue weighted by Crippen LogP contribution is 2.08. The van der Waals surface area contributed by atoms with Gasteiger partial charge in [-0.25, -0.2) is 9.97 Å². The van der Waals surface area contributed by atoms with Crippen molar-refractivity contribution in [3.8, 4) is 0 Å². The van der Waals surface area contributed by atoms with Crippen LogP contribution >= 0.6 is 0 Å². The summed E-state index contributed by atoms with van der Waals surface area (Å²) in [6, 6.07) is -2.01. The molecule has 4 heterocycles. The van der Waals surface area contributed by atoms with Crippen molar-refractivity contribution in [1.82, 2.24) is 51.8 Å². The summed E-state index contributed by atoms with van der Waals surface area (Å²) in [5, 5.41) is 17.8. The molecule has 40 heavy (non-hydrogen) atoms. The SMILES string of the molecule is O=C(N[C@@H](Cc1cnc[nH]1)C(=O)NCCCCNC(=O)[C@H](Cc1cnc[nH]1)NC(=O)[C@@H]1CCCN1)[C@@H]1CCCN1. The zero-order chi connectivity index (χ0) is 28.2. The number of nitrogens with one attached hydrogen (secondary N) is 8. The number of nitrogens with zero attached hydrogens (tertiary/aromatic N) is 2. The summed E-state index contributed by atoms with van der Waals surface area (Å²) in [5.41, 5.74) is 1.51. The van der Waals surface area contributed by atoms with E-state index in [4.69, 9.17) is 0 Å². The van der Waals surface area contributed by atoms with Crippen LogP contribution < -0.4 is 31.9 Å². The van der Waals surface area contributed by atoms with Crippen LogP contribution in [-0.2, 0) is 32.0 Å². The van der Waals surface area contributed by atoms with E-state index in [1.807, 2.05) is 0 Å². The molecule has 2 aromatic rings. The molecule has 2 aromatic heterocycles. The Morgan fingerprint density at radius 2 is 1.20 bits per heavy atom. The third-order valence-corrected chi connectivity index (χ3v) is 7.18. The van der Waals surface area contributed by atoms with Crippen molar-refractivity contribution in [3.05, 3.63) is 36.4 Å². The average Bonchev–Trinajstić information content (AvgIpc) is 3.77. The minimum absolute atomic E-state index is 0.180. The second kappa shape index (κ2) is 15.1. The van der Waals surface area contributed by atoms with E-state index in [2.05, 4.69) is 51.8 Å². The molecule has 4 amide bonds. The summed E-state index contributed by atoms with van der Waals surface area (Å²) in [4.78, 5) is 65.0. The van der Waals surface area contributed by atoms with Gasteiger partial charge in [0.1, 0.15) is 12.1 Å². The summed E-state index contributed by atoms with van der Waals surface area (Å²) in [6.45, 7) is 2.38. The molecule has 2 saturated heterocycles. The lowest BCUT2D eigenvalue weighted by molar-refractivity contribution is -0.130. The maximum absolute atomic E-state index is 12.9. The molecule has 2 aliphatic heterocycles. The topological polar surface area (TPSA) is 198 Å². The van der Waals surface area contributed by atoms with Crippen molar-refractivity contribution in [2.24, 2.45) is 0 Å². The first-order chi connectivity index (χ1) is 19.5. The van der Waals surface area contributed by atoms with Gasteiger partial charge in [-0.05, 0) is 51.6 Å². The lowest BCUT2D eigenvalue weighted by Crippen LogP contribution is -2.52. The Labute approximate surface area is 233 Å². The van der Waals surface area contributed by atoms with Crippen LogP contribution in [0, 0.1) is 0 Å². The summed E-state index contributed by atoms with van der Waals surface area (Å²) in [5.74, 6) is -0.901. The third kappa shape index (κ3) is 8.88. The number of aromatic nitrogens is 4. The molecule has 14 nitrogen and oxygen atoms in total. The largest absolute Gasteiger partial charge is 0.354 e. The molecule has 0 aliphatic carbocycles. The highest BCUT2D eigenvalue weighted by atomic mass is 16.2. The van der Waals surface area contributed by atoms with Crippen LogP contribution in [0.4, 0.5) is 0 Å². The number of carbonyl (C=O) groups is 4. The van der Waals surface area contributed by atoms with Crippen molar-refractivity contribution < 1.29 is 19.2 Å². The van der Waals surface area contributed by atoms with E-state index in [0.717, 1.165) is 50.2 Å². The summed E-state index contributed by atoms with van der Waals surface area (Å²) in [6.07, 6.45) is 11.6. The van der Waals surface area contributed by atoms with Gasteiger partial charge >= 0.3 is 0 Å². The van der Waals surface area contributed by atoms with Gasteiger partial charge < -0.3 is 41.9 Å². The molecular formula is C26H40N10O4. The number of aromatic amines is 2. The normalized spacial score (nSPS) is 20.0. The predicted octanol–water partition coefficient (Wildman–Crippen LogP) is -1.60. The molecule has 0 radical (unpaired) electrons. The van der Waals surface area contributed by atoms with Crippen molar-refractivity contribution in [1.29, 1.82) is 0 Å². The van der Waals surface area contributed by atoms with Crippen molar-refractivity contribution in [2.45, 2.75) is 75.5 Å². The zero-order valence-corrected chi connectivity index (χ0v) is 22.6. The first-order valence-corrected chi connectivity index (χ1v) is 14.1. The number of unbranched alkanes of at least 4 members (excludes halogenated alkanes) is 1. The minimum atomic E-state index is -0.726. The van der Waals surface area contributed by atoms with Crippen LogP contribution in [0.3, 0.4) is 0 Å². The van der Waals surface area contributed by atoms with Crippen molar-refractivity contribution in [3.63, 3.8) is 0 Å². The Bertz CT molecular complexity index is 993. The van der Waals surface area contributed by atoms with E-state index in [-0.39, 0.29) is 35.7 Å². The number of rotatable bonds is 15. The van der Waals surface area contributed by atoms with E-state index in [1.165, 1.54) is 12.7 Å². The zero-order valence-electron chi connectivity index (χ0n) is 22.6. The van der Waals surface area contributed by atoms with Crippen molar-refractivity contribution >= 4 is 23.6 Å². The number of amides is 4. The van der Waals surface area contributed by atoms with E-state index in [1.54, 1.807) is 12.4 Å². The molecule has 0 bridgehead atoms.